The Balaban J connectivity index is 2.26. The molecule has 1 fully saturated rings. The molecular formula is C12H15N3O3. The van der Waals surface area contributed by atoms with Crippen molar-refractivity contribution in [2.45, 2.75) is 38.8 Å². The Kier molecular flexibility index (Phi) is 3.27. The zero-order valence-corrected chi connectivity index (χ0v) is 10.3. The molecule has 0 radical (unpaired) electrons. The van der Waals surface area contributed by atoms with Crippen LogP contribution in [0.15, 0.2) is 12.4 Å². The fourth-order valence-corrected chi connectivity index (χ4v) is 1.83. The number of carbonyl (C=O) groups excluding carboxylic acids is 1. The normalized spacial score (nSPS) is 16.1. The third-order valence-electron chi connectivity index (χ3n) is 2.97. The number of nitrogens with zero attached hydrogens (tertiary/aromatic N) is 3. The van der Waals surface area contributed by atoms with E-state index in [0.717, 1.165) is 12.8 Å². The van der Waals surface area contributed by atoms with Crippen molar-refractivity contribution in [1.29, 1.82) is 0 Å². The minimum atomic E-state index is -0.999. The highest BCUT2D eigenvalue weighted by Gasteiger charge is 2.39. The molecular weight excluding hydrogens is 234 g/mol. The summed E-state index contributed by atoms with van der Waals surface area (Å²) in [7, 11) is 0. The Hall–Kier alpha value is -1.98. The molecule has 0 saturated heterocycles. The first-order valence-corrected chi connectivity index (χ1v) is 5.85. The molecule has 1 amide bonds. The Labute approximate surface area is 105 Å². The average molecular weight is 249 g/mol. The summed E-state index contributed by atoms with van der Waals surface area (Å²) in [6, 6.07) is 0.769. The van der Waals surface area contributed by atoms with Crippen LogP contribution in [-0.2, 0) is 4.79 Å². The second kappa shape index (κ2) is 4.72. The highest BCUT2D eigenvalue weighted by Crippen LogP contribution is 2.30. The van der Waals surface area contributed by atoms with E-state index in [-0.39, 0.29) is 17.6 Å². The SMILES string of the molecule is Cc1cc(C(=O)N(C2CC2)C(C)C(=O)O)ncn1. The molecule has 0 aliphatic heterocycles. The van der Waals surface area contributed by atoms with Gasteiger partial charge in [-0.3, -0.25) is 4.79 Å². The predicted octanol–water partition coefficient (Wildman–Crippen LogP) is 0.863. The van der Waals surface area contributed by atoms with E-state index in [4.69, 9.17) is 5.11 Å². The quantitative estimate of drug-likeness (QED) is 0.855. The van der Waals surface area contributed by atoms with E-state index in [9.17, 15) is 9.59 Å². The van der Waals surface area contributed by atoms with Gasteiger partial charge in [0.2, 0.25) is 0 Å². The Morgan fingerprint density at radius 3 is 2.61 bits per heavy atom. The summed E-state index contributed by atoms with van der Waals surface area (Å²) < 4.78 is 0. The average Bonchev–Trinajstić information content (AvgIpc) is 3.13. The molecule has 0 aromatic carbocycles. The van der Waals surface area contributed by atoms with Crippen molar-refractivity contribution in [3.63, 3.8) is 0 Å². The summed E-state index contributed by atoms with van der Waals surface area (Å²) in [4.78, 5) is 32.6. The lowest BCUT2D eigenvalue weighted by Crippen LogP contribution is -2.45. The highest BCUT2D eigenvalue weighted by molar-refractivity contribution is 5.95. The van der Waals surface area contributed by atoms with Crippen LogP contribution in [0.2, 0.25) is 0 Å². The zero-order chi connectivity index (χ0) is 13.3. The lowest BCUT2D eigenvalue weighted by Gasteiger charge is -2.26. The number of carboxylic acid groups (broad SMARTS) is 1. The summed E-state index contributed by atoms with van der Waals surface area (Å²) in [5, 5.41) is 9.05. The van der Waals surface area contributed by atoms with Gasteiger partial charge in [-0.25, -0.2) is 14.8 Å². The lowest BCUT2D eigenvalue weighted by atomic mass is 10.2. The number of carbonyl (C=O) groups is 2. The molecule has 96 valence electrons. The first kappa shape index (κ1) is 12.5. The maximum Gasteiger partial charge on any atom is 0.326 e. The van der Waals surface area contributed by atoms with Crippen LogP contribution in [0.25, 0.3) is 0 Å². The molecule has 1 aromatic rings. The third kappa shape index (κ3) is 2.47. The van der Waals surface area contributed by atoms with Crippen LogP contribution in [0, 0.1) is 6.92 Å². The van der Waals surface area contributed by atoms with Gasteiger partial charge in [0.05, 0.1) is 0 Å². The molecule has 18 heavy (non-hydrogen) atoms. The summed E-state index contributed by atoms with van der Waals surface area (Å²) in [6.07, 6.45) is 3.03. The lowest BCUT2D eigenvalue weighted by molar-refractivity contribution is -0.141. The molecule has 0 bridgehead atoms. The smallest absolute Gasteiger partial charge is 0.326 e. The largest absolute Gasteiger partial charge is 0.480 e. The predicted molar refractivity (Wildman–Crippen MR) is 63.1 cm³/mol. The summed E-state index contributed by atoms with van der Waals surface area (Å²) in [5.74, 6) is -1.33. The number of aliphatic carboxylic acids is 1. The highest BCUT2D eigenvalue weighted by atomic mass is 16.4. The first-order valence-electron chi connectivity index (χ1n) is 5.85. The maximum atomic E-state index is 12.3. The van der Waals surface area contributed by atoms with Crippen molar-refractivity contribution in [2.24, 2.45) is 0 Å². The maximum absolute atomic E-state index is 12.3. The topological polar surface area (TPSA) is 83.4 Å². The van der Waals surface area contributed by atoms with E-state index < -0.39 is 12.0 Å². The first-order chi connectivity index (χ1) is 8.50. The van der Waals surface area contributed by atoms with Gasteiger partial charge in [0.1, 0.15) is 18.1 Å². The second-order valence-electron chi connectivity index (χ2n) is 4.50. The van der Waals surface area contributed by atoms with Gasteiger partial charge in [0, 0.05) is 11.7 Å². The molecule has 1 aliphatic rings. The summed E-state index contributed by atoms with van der Waals surface area (Å²) in [5.41, 5.74) is 0.939. The van der Waals surface area contributed by atoms with E-state index in [1.165, 1.54) is 18.2 Å². The number of hydrogen-bond acceptors (Lipinski definition) is 4. The molecule has 1 atom stereocenters. The molecule has 1 aliphatic carbocycles. The number of aromatic nitrogens is 2. The zero-order valence-electron chi connectivity index (χ0n) is 10.3. The Morgan fingerprint density at radius 2 is 2.11 bits per heavy atom. The summed E-state index contributed by atoms with van der Waals surface area (Å²) >= 11 is 0. The molecule has 2 rings (SSSR count). The van der Waals surface area contributed by atoms with E-state index in [0.29, 0.717) is 5.69 Å². The van der Waals surface area contributed by atoms with E-state index >= 15 is 0 Å². The Bertz CT molecular complexity index is 485. The summed E-state index contributed by atoms with van der Waals surface area (Å²) in [6.45, 7) is 3.28. The number of carboxylic acids is 1. The molecule has 6 nitrogen and oxygen atoms in total. The fraction of sp³-hybridized carbons (Fsp3) is 0.500. The van der Waals surface area contributed by atoms with Crippen molar-refractivity contribution in [2.75, 3.05) is 0 Å². The van der Waals surface area contributed by atoms with Gasteiger partial charge in [0.15, 0.2) is 0 Å². The van der Waals surface area contributed by atoms with Crippen LogP contribution in [-0.4, -0.2) is 43.9 Å². The van der Waals surface area contributed by atoms with Crippen LogP contribution in [0.5, 0.6) is 0 Å². The minimum Gasteiger partial charge on any atom is -0.480 e. The van der Waals surface area contributed by atoms with E-state index in [1.54, 1.807) is 13.0 Å². The van der Waals surface area contributed by atoms with Gasteiger partial charge in [-0.1, -0.05) is 0 Å². The van der Waals surface area contributed by atoms with Gasteiger partial charge in [-0.2, -0.15) is 0 Å². The van der Waals surface area contributed by atoms with Gasteiger partial charge in [-0.05, 0) is 32.8 Å². The van der Waals surface area contributed by atoms with Crippen molar-refractivity contribution in [3.05, 3.63) is 23.8 Å². The van der Waals surface area contributed by atoms with Gasteiger partial charge in [0.25, 0.3) is 5.91 Å². The number of rotatable bonds is 4. The van der Waals surface area contributed by atoms with Gasteiger partial charge >= 0.3 is 5.97 Å². The third-order valence-corrected chi connectivity index (χ3v) is 2.97. The molecule has 1 saturated carbocycles. The molecule has 6 heteroatoms. The number of amides is 1. The van der Waals surface area contributed by atoms with Gasteiger partial charge < -0.3 is 10.0 Å². The van der Waals surface area contributed by atoms with E-state index in [2.05, 4.69) is 9.97 Å². The van der Waals surface area contributed by atoms with Crippen LogP contribution < -0.4 is 0 Å². The molecule has 1 N–H and O–H groups in total. The van der Waals surface area contributed by atoms with Crippen molar-refractivity contribution >= 4 is 11.9 Å². The monoisotopic (exact) mass is 249 g/mol. The van der Waals surface area contributed by atoms with Crippen molar-refractivity contribution in [3.8, 4) is 0 Å². The standard InChI is InChI=1S/C12H15N3O3/c1-7-5-10(14-6-13-7)11(16)15(9-3-4-9)8(2)12(17)18/h5-6,8-9H,3-4H2,1-2H3,(H,17,18). The van der Waals surface area contributed by atoms with Crippen LogP contribution in [0.3, 0.4) is 0 Å². The van der Waals surface area contributed by atoms with Crippen LogP contribution >= 0.6 is 0 Å². The second-order valence-corrected chi connectivity index (χ2v) is 4.50. The molecule has 1 aromatic heterocycles. The van der Waals surface area contributed by atoms with Crippen molar-refractivity contribution < 1.29 is 14.7 Å². The molecule has 0 spiro atoms. The molecule has 1 heterocycles. The molecule has 1 unspecified atom stereocenters. The number of hydrogen-bond donors (Lipinski definition) is 1. The van der Waals surface area contributed by atoms with Crippen LogP contribution in [0.1, 0.15) is 35.9 Å². The van der Waals surface area contributed by atoms with Crippen molar-refractivity contribution in [1.82, 2.24) is 14.9 Å². The minimum absolute atomic E-state index is 0.0267. The fourth-order valence-electron chi connectivity index (χ4n) is 1.83. The number of aryl methyl sites for hydroxylation is 1. The van der Waals surface area contributed by atoms with Crippen LogP contribution in [0.4, 0.5) is 0 Å². The Morgan fingerprint density at radius 1 is 1.44 bits per heavy atom. The van der Waals surface area contributed by atoms with Gasteiger partial charge in [-0.15, -0.1) is 0 Å². The van der Waals surface area contributed by atoms with E-state index in [1.807, 2.05) is 0 Å².